The third-order valence-corrected chi connectivity index (χ3v) is 3.57. The van der Waals surface area contributed by atoms with Crippen LogP contribution < -0.4 is 0 Å². The van der Waals surface area contributed by atoms with Crippen molar-refractivity contribution >= 4 is 11.3 Å². The van der Waals surface area contributed by atoms with E-state index in [1.807, 2.05) is 30.5 Å². The van der Waals surface area contributed by atoms with Gasteiger partial charge in [0.15, 0.2) is 0 Å². The SMILES string of the molecule is CC(c1ccccc1)C(O)Cc1nccs1. The van der Waals surface area contributed by atoms with Crippen LogP contribution in [0.4, 0.5) is 0 Å². The van der Waals surface area contributed by atoms with Gasteiger partial charge in [0, 0.05) is 23.9 Å². The van der Waals surface area contributed by atoms with E-state index < -0.39 is 0 Å². The summed E-state index contributed by atoms with van der Waals surface area (Å²) in [5.74, 6) is 0.144. The van der Waals surface area contributed by atoms with E-state index in [-0.39, 0.29) is 12.0 Å². The highest BCUT2D eigenvalue weighted by molar-refractivity contribution is 7.09. The molecule has 0 saturated heterocycles. The Hall–Kier alpha value is -1.19. The lowest BCUT2D eigenvalue weighted by molar-refractivity contribution is 0.149. The summed E-state index contributed by atoms with van der Waals surface area (Å²) in [6, 6.07) is 10.1. The van der Waals surface area contributed by atoms with E-state index in [2.05, 4.69) is 17.1 Å². The van der Waals surface area contributed by atoms with Crippen LogP contribution in [0.5, 0.6) is 0 Å². The second-order valence-electron chi connectivity index (χ2n) is 3.90. The Kier molecular flexibility index (Phi) is 3.70. The Labute approximate surface area is 99.6 Å². The van der Waals surface area contributed by atoms with Gasteiger partial charge in [0.05, 0.1) is 11.1 Å². The second-order valence-corrected chi connectivity index (χ2v) is 4.88. The van der Waals surface area contributed by atoms with Gasteiger partial charge in [-0.3, -0.25) is 0 Å². The summed E-state index contributed by atoms with van der Waals surface area (Å²) in [5, 5.41) is 13.0. The summed E-state index contributed by atoms with van der Waals surface area (Å²) in [6.45, 7) is 2.05. The van der Waals surface area contributed by atoms with Crippen molar-refractivity contribution in [3.8, 4) is 0 Å². The molecule has 0 aliphatic carbocycles. The van der Waals surface area contributed by atoms with Crippen molar-refractivity contribution in [2.45, 2.75) is 25.4 Å². The van der Waals surface area contributed by atoms with Crippen LogP contribution in [-0.2, 0) is 6.42 Å². The smallest absolute Gasteiger partial charge is 0.0950 e. The molecule has 2 nitrogen and oxygen atoms in total. The fraction of sp³-hybridized carbons (Fsp3) is 0.308. The first kappa shape index (κ1) is 11.3. The van der Waals surface area contributed by atoms with Crippen LogP contribution in [-0.4, -0.2) is 16.2 Å². The molecule has 2 unspecified atom stereocenters. The molecule has 84 valence electrons. The number of aliphatic hydroxyl groups excluding tert-OH is 1. The zero-order chi connectivity index (χ0) is 11.4. The molecule has 1 aromatic heterocycles. The van der Waals surface area contributed by atoms with E-state index in [0.29, 0.717) is 6.42 Å². The first-order valence-corrected chi connectivity index (χ1v) is 6.26. The van der Waals surface area contributed by atoms with Crippen molar-refractivity contribution in [1.82, 2.24) is 4.98 Å². The molecule has 0 aliphatic heterocycles. The highest BCUT2D eigenvalue weighted by Crippen LogP contribution is 2.22. The monoisotopic (exact) mass is 233 g/mol. The number of thiazole rings is 1. The molecule has 1 aromatic carbocycles. The molecular weight excluding hydrogens is 218 g/mol. The van der Waals surface area contributed by atoms with Crippen molar-refractivity contribution in [1.29, 1.82) is 0 Å². The largest absolute Gasteiger partial charge is 0.392 e. The average molecular weight is 233 g/mol. The Morgan fingerprint density at radius 2 is 2.06 bits per heavy atom. The van der Waals surface area contributed by atoms with Gasteiger partial charge in [-0.2, -0.15) is 0 Å². The Morgan fingerprint density at radius 1 is 1.31 bits per heavy atom. The quantitative estimate of drug-likeness (QED) is 0.881. The van der Waals surface area contributed by atoms with Crippen LogP contribution in [0.2, 0.25) is 0 Å². The van der Waals surface area contributed by atoms with Crippen LogP contribution in [0.3, 0.4) is 0 Å². The number of hydrogen-bond donors (Lipinski definition) is 1. The standard InChI is InChI=1S/C13H15NOS/c1-10(11-5-3-2-4-6-11)12(15)9-13-14-7-8-16-13/h2-8,10,12,15H,9H2,1H3. The third kappa shape index (κ3) is 2.68. The summed E-state index contributed by atoms with van der Waals surface area (Å²) in [7, 11) is 0. The summed E-state index contributed by atoms with van der Waals surface area (Å²) in [5.41, 5.74) is 1.17. The zero-order valence-electron chi connectivity index (χ0n) is 9.21. The van der Waals surface area contributed by atoms with Gasteiger partial charge in [0.1, 0.15) is 0 Å². The fourth-order valence-electron chi connectivity index (χ4n) is 1.69. The molecule has 0 saturated carbocycles. The fourth-order valence-corrected chi connectivity index (χ4v) is 2.36. The van der Waals surface area contributed by atoms with Crippen molar-refractivity contribution in [3.63, 3.8) is 0 Å². The zero-order valence-corrected chi connectivity index (χ0v) is 10.0. The maximum atomic E-state index is 10.1. The molecule has 0 radical (unpaired) electrons. The van der Waals surface area contributed by atoms with Crippen LogP contribution in [0.25, 0.3) is 0 Å². The van der Waals surface area contributed by atoms with Gasteiger partial charge < -0.3 is 5.11 Å². The molecule has 2 atom stereocenters. The van der Waals surface area contributed by atoms with E-state index in [0.717, 1.165) is 5.01 Å². The van der Waals surface area contributed by atoms with Gasteiger partial charge in [-0.05, 0) is 5.56 Å². The number of aromatic nitrogens is 1. The van der Waals surface area contributed by atoms with Crippen LogP contribution in [0.1, 0.15) is 23.4 Å². The molecule has 0 bridgehead atoms. The summed E-state index contributed by atoms with van der Waals surface area (Å²) in [6.07, 6.45) is 2.04. The van der Waals surface area contributed by atoms with E-state index in [9.17, 15) is 5.11 Å². The number of nitrogens with zero attached hydrogens (tertiary/aromatic N) is 1. The molecule has 0 spiro atoms. The van der Waals surface area contributed by atoms with Crippen LogP contribution in [0.15, 0.2) is 41.9 Å². The maximum absolute atomic E-state index is 10.1. The Balaban J connectivity index is 2.02. The van der Waals surface area contributed by atoms with E-state index in [4.69, 9.17) is 0 Å². The summed E-state index contributed by atoms with van der Waals surface area (Å²) < 4.78 is 0. The van der Waals surface area contributed by atoms with Gasteiger partial charge in [-0.15, -0.1) is 11.3 Å². The first-order chi connectivity index (χ1) is 7.77. The van der Waals surface area contributed by atoms with Gasteiger partial charge >= 0.3 is 0 Å². The molecule has 2 aromatic rings. The number of rotatable bonds is 4. The first-order valence-electron chi connectivity index (χ1n) is 5.39. The minimum atomic E-state index is -0.367. The average Bonchev–Trinajstić information content (AvgIpc) is 2.82. The van der Waals surface area contributed by atoms with Gasteiger partial charge in [0.2, 0.25) is 0 Å². The predicted octanol–water partition coefficient (Wildman–Crippen LogP) is 2.85. The van der Waals surface area contributed by atoms with Crippen molar-refractivity contribution in [2.75, 3.05) is 0 Å². The Morgan fingerprint density at radius 3 is 2.69 bits per heavy atom. The lowest BCUT2D eigenvalue weighted by Crippen LogP contribution is -2.18. The molecule has 0 fully saturated rings. The van der Waals surface area contributed by atoms with E-state index in [1.54, 1.807) is 17.5 Å². The molecule has 0 aliphatic rings. The van der Waals surface area contributed by atoms with Crippen molar-refractivity contribution < 1.29 is 5.11 Å². The molecule has 1 heterocycles. The molecule has 2 rings (SSSR count). The molecule has 3 heteroatoms. The van der Waals surface area contributed by atoms with Gasteiger partial charge in [-0.25, -0.2) is 4.98 Å². The predicted molar refractivity (Wildman–Crippen MR) is 66.7 cm³/mol. The maximum Gasteiger partial charge on any atom is 0.0950 e. The van der Waals surface area contributed by atoms with Crippen molar-refractivity contribution in [3.05, 3.63) is 52.5 Å². The van der Waals surface area contributed by atoms with E-state index in [1.165, 1.54) is 5.56 Å². The summed E-state index contributed by atoms with van der Waals surface area (Å²) >= 11 is 1.59. The van der Waals surface area contributed by atoms with Gasteiger partial charge in [0.25, 0.3) is 0 Å². The Bertz CT molecular complexity index is 413. The number of hydrogen-bond acceptors (Lipinski definition) is 3. The molecule has 0 amide bonds. The van der Waals surface area contributed by atoms with E-state index >= 15 is 0 Å². The van der Waals surface area contributed by atoms with Gasteiger partial charge in [-0.1, -0.05) is 37.3 Å². The topological polar surface area (TPSA) is 33.1 Å². The lowest BCUT2D eigenvalue weighted by atomic mass is 9.94. The lowest BCUT2D eigenvalue weighted by Gasteiger charge is -2.18. The third-order valence-electron chi connectivity index (χ3n) is 2.77. The minimum Gasteiger partial charge on any atom is -0.392 e. The van der Waals surface area contributed by atoms with Crippen molar-refractivity contribution in [2.24, 2.45) is 0 Å². The highest BCUT2D eigenvalue weighted by Gasteiger charge is 2.17. The number of benzene rings is 1. The van der Waals surface area contributed by atoms with Crippen LogP contribution >= 0.6 is 11.3 Å². The highest BCUT2D eigenvalue weighted by atomic mass is 32.1. The minimum absolute atomic E-state index is 0.144. The van der Waals surface area contributed by atoms with Crippen LogP contribution in [0, 0.1) is 0 Å². The molecule has 1 N–H and O–H groups in total. The second kappa shape index (κ2) is 5.23. The molecular formula is C13H15NOS. The number of aliphatic hydroxyl groups is 1. The summed E-state index contributed by atoms with van der Waals surface area (Å²) in [4.78, 5) is 4.19. The normalized spacial score (nSPS) is 14.6. The molecule has 16 heavy (non-hydrogen) atoms.